The Bertz CT molecular complexity index is 931. The van der Waals surface area contributed by atoms with Gasteiger partial charge in [-0.2, -0.15) is 5.10 Å². The fraction of sp³-hybridized carbons (Fsp3) is 0.389. The van der Waals surface area contributed by atoms with Gasteiger partial charge in [-0.3, -0.25) is 19.2 Å². The van der Waals surface area contributed by atoms with Crippen LogP contribution in [-0.2, 0) is 25.5 Å². The van der Waals surface area contributed by atoms with Crippen molar-refractivity contribution in [1.29, 1.82) is 0 Å². The number of nitrogens with zero attached hydrogens (tertiary/aromatic N) is 3. The molecule has 0 atom stereocenters. The lowest BCUT2D eigenvalue weighted by Gasteiger charge is -2.34. The van der Waals surface area contributed by atoms with Crippen LogP contribution in [0.15, 0.2) is 29.1 Å². The Labute approximate surface area is 154 Å². The second kappa shape index (κ2) is 7.98. The molecule has 0 bridgehead atoms. The number of benzene rings is 1. The lowest BCUT2D eigenvalue weighted by atomic mass is 10.1. The Balaban J connectivity index is 1.55. The molecule has 1 aromatic carbocycles. The third kappa shape index (κ3) is 4.30. The Morgan fingerprint density at radius 3 is 2.37 bits per heavy atom. The van der Waals surface area contributed by atoms with Crippen LogP contribution in [0.25, 0.3) is 10.8 Å². The van der Waals surface area contributed by atoms with Gasteiger partial charge in [0.05, 0.1) is 17.5 Å². The van der Waals surface area contributed by atoms with Gasteiger partial charge in [-0.25, -0.2) is 5.10 Å². The predicted molar refractivity (Wildman–Crippen MR) is 95.9 cm³/mol. The van der Waals surface area contributed by atoms with Crippen LogP contribution in [0.3, 0.4) is 0 Å². The van der Waals surface area contributed by atoms with Gasteiger partial charge in [-0.1, -0.05) is 18.2 Å². The number of nitrogens with one attached hydrogen (secondary N) is 1. The number of ether oxygens (including phenoxy) is 1. The summed E-state index contributed by atoms with van der Waals surface area (Å²) in [6, 6.07) is 6.83. The zero-order valence-corrected chi connectivity index (χ0v) is 14.9. The van der Waals surface area contributed by atoms with Crippen molar-refractivity contribution in [2.45, 2.75) is 13.3 Å². The number of esters is 1. The maximum Gasteiger partial charge on any atom is 0.312 e. The fourth-order valence-corrected chi connectivity index (χ4v) is 3.00. The van der Waals surface area contributed by atoms with Crippen LogP contribution in [0, 0.1) is 0 Å². The van der Waals surface area contributed by atoms with E-state index in [1.165, 1.54) is 6.92 Å². The number of H-pyrrole nitrogens is 1. The largest absolute Gasteiger partial charge is 0.455 e. The Hall–Kier alpha value is -3.23. The second-order valence-electron chi connectivity index (χ2n) is 6.27. The van der Waals surface area contributed by atoms with Gasteiger partial charge in [0.25, 0.3) is 11.5 Å². The second-order valence-corrected chi connectivity index (χ2v) is 6.27. The van der Waals surface area contributed by atoms with E-state index < -0.39 is 5.97 Å². The minimum absolute atomic E-state index is 0.0193. The molecule has 142 valence electrons. The summed E-state index contributed by atoms with van der Waals surface area (Å²) in [5, 5.41) is 7.29. The topological polar surface area (TPSA) is 113 Å². The van der Waals surface area contributed by atoms with Crippen molar-refractivity contribution in [3.05, 3.63) is 40.3 Å². The lowest BCUT2D eigenvalue weighted by molar-refractivity contribution is -0.152. The first-order valence-electron chi connectivity index (χ1n) is 8.61. The number of aromatic amines is 1. The highest BCUT2D eigenvalue weighted by atomic mass is 16.5. The van der Waals surface area contributed by atoms with Crippen molar-refractivity contribution >= 4 is 28.6 Å². The van der Waals surface area contributed by atoms with Crippen molar-refractivity contribution < 1.29 is 19.1 Å². The molecule has 0 aliphatic carbocycles. The predicted octanol–water partition coefficient (Wildman–Crippen LogP) is -0.300. The molecule has 1 fully saturated rings. The van der Waals surface area contributed by atoms with Crippen molar-refractivity contribution in [3.63, 3.8) is 0 Å². The third-order valence-corrected chi connectivity index (χ3v) is 4.52. The molecule has 3 rings (SSSR count). The molecule has 2 aromatic rings. The number of hydrogen-bond donors (Lipinski definition) is 1. The first-order chi connectivity index (χ1) is 13.0. The average molecular weight is 372 g/mol. The zero-order valence-electron chi connectivity index (χ0n) is 14.9. The lowest BCUT2D eigenvalue weighted by Crippen LogP contribution is -2.51. The summed E-state index contributed by atoms with van der Waals surface area (Å²) in [5.74, 6) is -0.921. The molecule has 1 aromatic heterocycles. The van der Waals surface area contributed by atoms with Gasteiger partial charge >= 0.3 is 5.97 Å². The molecule has 2 heterocycles. The van der Waals surface area contributed by atoms with Crippen LogP contribution < -0.4 is 5.56 Å². The van der Waals surface area contributed by atoms with Crippen LogP contribution in [0.4, 0.5) is 0 Å². The maximum absolute atomic E-state index is 12.2. The number of amides is 2. The van der Waals surface area contributed by atoms with Gasteiger partial charge in [-0.15, -0.1) is 0 Å². The number of rotatable bonds is 4. The van der Waals surface area contributed by atoms with E-state index in [0.717, 1.165) is 0 Å². The number of aromatic nitrogens is 2. The van der Waals surface area contributed by atoms with E-state index in [1.807, 2.05) is 0 Å². The van der Waals surface area contributed by atoms with E-state index in [0.29, 0.717) is 42.6 Å². The third-order valence-electron chi connectivity index (χ3n) is 4.52. The van der Waals surface area contributed by atoms with Crippen LogP contribution in [0.1, 0.15) is 12.6 Å². The number of hydrogen-bond acceptors (Lipinski definition) is 6. The maximum atomic E-state index is 12.2. The highest BCUT2D eigenvalue weighted by Crippen LogP contribution is 2.13. The van der Waals surface area contributed by atoms with Crippen molar-refractivity contribution in [1.82, 2.24) is 20.0 Å². The molecule has 2 amide bonds. The van der Waals surface area contributed by atoms with Gasteiger partial charge in [0.2, 0.25) is 5.91 Å². The molecule has 9 heteroatoms. The summed E-state index contributed by atoms with van der Waals surface area (Å²) in [7, 11) is 0. The van der Waals surface area contributed by atoms with Crippen LogP contribution in [0.2, 0.25) is 0 Å². The summed E-state index contributed by atoms with van der Waals surface area (Å²) in [4.78, 5) is 50.6. The molecule has 0 unspecified atom stereocenters. The van der Waals surface area contributed by atoms with E-state index in [4.69, 9.17) is 4.74 Å². The van der Waals surface area contributed by atoms with Crippen molar-refractivity contribution in [2.24, 2.45) is 0 Å². The molecule has 0 spiro atoms. The molecule has 0 radical (unpaired) electrons. The van der Waals surface area contributed by atoms with Gasteiger partial charge in [-0.05, 0) is 6.07 Å². The molecule has 1 N–H and O–H groups in total. The number of fused-ring (bicyclic) bond motifs is 1. The molecule has 1 saturated heterocycles. The van der Waals surface area contributed by atoms with Gasteiger partial charge < -0.3 is 14.5 Å². The van der Waals surface area contributed by atoms with E-state index in [2.05, 4.69) is 10.2 Å². The average Bonchev–Trinajstić information content (AvgIpc) is 2.68. The van der Waals surface area contributed by atoms with Crippen LogP contribution in [-0.4, -0.2) is 70.6 Å². The smallest absolute Gasteiger partial charge is 0.312 e. The molecule has 1 aliphatic heterocycles. The number of piperazine rings is 1. The highest BCUT2D eigenvalue weighted by molar-refractivity contribution is 5.87. The van der Waals surface area contributed by atoms with Gasteiger partial charge in [0.1, 0.15) is 0 Å². The van der Waals surface area contributed by atoms with E-state index >= 15 is 0 Å². The Morgan fingerprint density at radius 1 is 1.07 bits per heavy atom. The SMILES string of the molecule is CC(=O)N1CCN(C(=O)COC(=O)Cc2n[nH]c(=O)c3ccccc23)CC1. The number of carbonyl (C=O) groups excluding carboxylic acids is 3. The fourth-order valence-electron chi connectivity index (χ4n) is 3.00. The minimum Gasteiger partial charge on any atom is -0.455 e. The Morgan fingerprint density at radius 2 is 1.70 bits per heavy atom. The summed E-state index contributed by atoms with van der Waals surface area (Å²) >= 11 is 0. The summed E-state index contributed by atoms with van der Waals surface area (Å²) < 4.78 is 5.07. The minimum atomic E-state index is -0.601. The monoisotopic (exact) mass is 372 g/mol. The molecule has 1 aliphatic rings. The molecular weight excluding hydrogens is 352 g/mol. The van der Waals surface area contributed by atoms with Crippen molar-refractivity contribution in [3.8, 4) is 0 Å². The number of carbonyl (C=O) groups is 3. The first kappa shape index (κ1) is 18.6. The summed E-state index contributed by atoms with van der Waals surface area (Å²) in [6.07, 6.45) is -0.150. The van der Waals surface area contributed by atoms with Gasteiger partial charge in [0, 0.05) is 38.5 Å². The molecule has 27 heavy (non-hydrogen) atoms. The normalized spacial score (nSPS) is 14.3. The molecule has 0 saturated carbocycles. The van der Waals surface area contributed by atoms with E-state index in [-0.39, 0.29) is 30.4 Å². The van der Waals surface area contributed by atoms with Crippen LogP contribution >= 0.6 is 0 Å². The van der Waals surface area contributed by atoms with E-state index in [1.54, 1.807) is 34.1 Å². The van der Waals surface area contributed by atoms with Gasteiger partial charge in [0.15, 0.2) is 6.61 Å². The highest BCUT2D eigenvalue weighted by Gasteiger charge is 2.23. The van der Waals surface area contributed by atoms with Crippen molar-refractivity contribution in [2.75, 3.05) is 32.8 Å². The first-order valence-corrected chi connectivity index (χ1v) is 8.61. The summed E-state index contributed by atoms with van der Waals surface area (Å²) in [6.45, 7) is 2.92. The molecular formula is C18H20N4O5. The van der Waals surface area contributed by atoms with Crippen LogP contribution in [0.5, 0.6) is 0 Å². The Kier molecular flexibility index (Phi) is 5.49. The summed E-state index contributed by atoms with van der Waals surface area (Å²) in [5.41, 5.74) is 0.0559. The van der Waals surface area contributed by atoms with E-state index in [9.17, 15) is 19.2 Å². The molecule has 9 nitrogen and oxygen atoms in total. The standard InChI is InChI=1S/C18H20N4O5/c1-12(23)21-6-8-22(9-7-21)16(24)11-27-17(25)10-15-13-4-2-3-5-14(13)18(26)20-19-15/h2-5H,6-11H2,1H3,(H,20,26). The quantitative estimate of drug-likeness (QED) is 0.738. The zero-order chi connectivity index (χ0) is 19.4.